The average Bonchev–Trinajstić information content (AvgIpc) is 2.48. The SMILES string of the molecule is C=C(NC)N(Cc1ccccc1)Cc1ccccc1. The minimum Gasteiger partial charge on any atom is -0.375 e. The first-order chi connectivity index (χ1) is 9.29. The van der Waals surface area contributed by atoms with Gasteiger partial charge in [-0.15, -0.1) is 0 Å². The Hall–Kier alpha value is -2.22. The van der Waals surface area contributed by atoms with E-state index in [0.29, 0.717) is 0 Å². The Kier molecular flexibility index (Phi) is 4.62. The summed E-state index contributed by atoms with van der Waals surface area (Å²) in [6.45, 7) is 5.79. The minimum absolute atomic E-state index is 0.857. The van der Waals surface area contributed by atoms with Crippen molar-refractivity contribution in [1.82, 2.24) is 10.2 Å². The van der Waals surface area contributed by atoms with Gasteiger partial charge in [-0.3, -0.25) is 0 Å². The van der Waals surface area contributed by atoms with Crippen LogP contribution in [0.2, 0.25) is 0 Å². The summed E-state index contributed by atoms with van der Waals surface area (Å²) < 4.78 is 0. The highest BCUT2D eigenvalue weighted by atomic mass is 15.2. The molecule has 0 spiro atoms. The molecular weight excluding hydrogens is 232 g/mol. The molecule has 0 aromatic heterocycles. The normalized spacial score (nSPS) is 9.95. The minimum atomic E-state index is 0.857. The summed E-state index contributed by atoms with van der Waals surface area (Å²) in [5.41, 5.74) is 2.57. The second-order valence-electron chi connectivity index (χ2n) is 4.52. The zero-order chi connectivity index (χ0) is 13.5. The molecule has 0 aliphatic rings. The number of hydrogen-bond acceptors (Lipinski definition) is 2. The van der Waals surface area contributed by atoms with Crippen molar-refractivity contribution in [3.05, 3.63) is 84.2 Å². The van der Waals surface area contributed by atoms with Gasteiger partial charge >= 0.3 is 0 Å². The Morgan fingerprint density at radius 2 is 1.32 bits per heavy atom. The number of nitrogens with zero attached hydrogens (tertiary/aromatic N) is 1. The number of hydrogen-bond donors (Lipinski definition) is 1. The van der Waals surface area contributed by atoms with Gasteiger partial charge in [0.05, 0.1) is 5.82 Å². The van der Waals surface area contributed by atoms with Crippen LogP contribution in [0.15, 0.2) is 73.1 Å². The van der Waals surface area contributed by atoms with Crippen molar-refractivity contribution in [3.8, 4) is 0 Å². The lowest BCUT2D eigenvalue weighted by Gasteiger charge is -2.26. The highest BCUT2D eigenvalue weighted by Crippen LogP contribution is 2.13. The van der Waals surface area contributed by atoms with Crippen molar-refractivity contribution in [2.75, 3.05) is 7.05 Å². The van der Waals surface area contributed by atoms with E-state index in [9.17, 15) is 0 Å². The van der Waals surface area contributed by atoms with Crippen molar-refractivity contribution < 1.29 is 0 Å². The van der Waals surface area contributed by atoms with Gasteiger partial charge in [-0.25, -0.2) is 0 Å². The molecule has 0 bridgehead atoms. The summed E-state index contributed by atoms with van der Waals surface area (Å²) in [4.78, 5) is 2.24. The first-order valence-electron chi connectivity index (χ1n) is 6.49. The molecule has 0 aliphatic heterocycles. The molecule has 19 heavy (non-hydrogen) atoms. The Labute approximate surface area is 115 Å². The Morgan fingerprint density at radius 1 is 0.895 bits per heavy atom. The van der Waals surface area contributed by atoms with E-state index < -0.39 is 0 Å². The second kappa shape index (κ2) is 6.64. The van der Waals surface area contributed by atoms with Crippen LogP contribution in [0.5, 0.6) is 0 Å². The number of nitrogens with one attached hydrogen (secondary N) is 1. The molecule has 2 nitrogen and oxygen atoms in total. The van der Waals surface area contributed by atoms with E-state index in [-0.39, 0.29) is 0 Å². The quantitative estimate of drug-likeness (QED) is 0.848. The van der Waals surface area contributed by atoms with Crippen molar-refractivity contribution in [3.63, 3.8) is 0 Å². The zero-order valence-electron chi connectivity index (χ0n) is 11.3. The lowest BCUT2D eigenvalue weighted by atomic mass is 10.1. The van der Waals surface area contributed by atoms with Gasteiger partial charge in [-0.1, -0.05) is 67.2 Å². The molecule has 0 radical (unpaired) electrons. The molecule has 0 atom stereocenters. The van der Waals surface area contributed by atoms with Crippen LogP contribution in [-0.2, 0) is 13.1 Å². The van der Waals surface area contributed by atoms with E-state index in [0.717, 1.165) is 18.9 Å². The van der Waals surface area contributed by atoms with Gasteiger partial charge in [0, 0.05) is 20.1 Å². The van der Waals surface area contributed by atoms with Gasteiger partial charge in [0.1, 0.15) is 0 Å². The average molecular weight is 252 g/mol. The molecule has 0 amide bonds. The predicted molar refractivity (Wildman–Crippen MR) is 80.3 cm³/mol. The predicted octanol–water partition coefficient (Wildman–Crippen LogP) is 3.38. The third kappa shape index (κ3) is 3.88. The van der Waals surface area contributed by atoms with Crippen LogP contribution in [0, 0.1) is 0 Å². The zero-order valence-corrected chi connectivity index (χ0v) is 11.3. The van der Waals surface area contributed by atoms with Gasteiger partial charge in [0.25, 0.3) is 0 Å². The first-order valence-corrected chi connectivity index (χ1v) is 6.49. The van der Waals surface area contributed by atoms with E-state index in [1.54, 1.807) is 0 Å². The molecule has 0 saturated heterocycles. The third-order valence-electron chi connectivity index (χ3n) is 3.10. The van der Waals surface area contributed by atoms with Crippen molar-refractivity contribution in [2.45, 2.75) is 13.1 Å². The summed E-state index contributed by atoms with van der Waals surface area (Å²) in [7, 11) is 1.91. The summed E-state index contributed by atoms with van der Waals surface area (Å²) in [5.74, 6) is 0.938. The maximum atomic E-state index is 4.08. The fourth-order valence-electron chi connectivity index (χ4n) is 2.01. The lowest BCUT2D eigenvalue weighted by Crippen LogP contribution is -2.28. The summed E-state index contributed by atoms with van der Waals surface area (Å²) in [5, 5.41) is 3.14. The molecule has 2 rings (SSSR count). The Bertz CT molecular complexity index is 464. The summed E-state index contributed by atoms with van der Waals surface area (Å²) >= 11 is 0. The number of benzene rings is 2. The molecule has 0 unspecified atom stereocenters. The Balaban J connectivity index is 2.10. The van der Waals surface area contributed by atoms with E-state index >= 15 is 0 Å². The third-order valence-corrected chi connectivity index (χ3v) is 3.10. The van der Waals surface area contributed by atoms with Gasteiger partial charge in [-0.2, -0.15) is 0 Å². The standard InChI is InChI=1S/C17H20N2/c1-15(18-2)19(13-16-9-5-3-6-10-16)14-17-11-7-4-8-12-17/h3-12,18H,1,13-14H2,2H3. The maximum Gasteiger partial charge on any atom is 0.0942 e. The van der Waals surface area contributed by atoms with Gasteiger partial charge in [-0.05, 0) is 11.1 Å². The molecular formula is C17H20N2. The molecule has 2 heteroatoms. The van der Waals surface area contributed by atoms with Crippen molar-refractivity contribution >= 4 is 0 Å². The van der Waals surface area contributed by atoms with Crippen LogP contribution in [0.1, 0.15) is 11.1 Å². The van der Waals surface area contributed by atoms with Crippen LogP contribution in [0.3, 0.4) is 0 Å². The van der Waals surface area contributed by atoms with Crippen molar-refractivity contribution in [2.24, 2.45) is 0 Å². The molecule has 2 aromatic rings. The van der Waals surface area contributed by atoms with E-state index in [1.165, 1.54) is 11.1 Å². The van der Waals surface area contributed by atoms with Crippen LogP contribution in [0.25, 0.3) is 0 Å². The highest BCUT2D eigenvalue weighted by molar-refractivity contribution is 5.18. The lowest BCUT2D eigenvalue weighted by molar-refractivity contribution is 0.311. The van der Waals surface area contributed by atoms with E-state index in [4.69, 9.17) is 0 Å². The molecule has 0 fully saturated rings. The van der Waals surface area contributed by atoms with Crippen LogP contribution in [0.4, 0.5) is 0 Å². The summed E-state index contributed by atoms with van der Waals surface area (Å²) in [6, 6.07) is 20.9. The van der Waals surface area contributed by atoms with Crippen molar-refractivity contribution in [1.29, 1.82) is 0 Å². The second-order valence-corrected chi connectivity index (χ2v) is 4.52. The van der Waals surface area contributed by atoms with Gasteiger partial charge < -0.3 is 10.2 Å². The Morgan fingerprint density at radius 3 is 1.68 bits per heavy atom. The van der Waals surface area contributed by atoms with Gasteiger partial charge in [0.2, 0.25) is 0 Å². The van der Waals surface area contributed by atoms with E-state index in [1.807, 2.05) is 19.2 Å². The molecule has 0 saturated carbocycles. The molecule has 1 N–H and O–H groups in total. The fraction of sp³-hybridized carbons (Fsp3) is 0.176. The van der Waals surface area contributed by atoms with E-state index in [2.05, 4.69) is 65.3 Å². The van der Waals surface area contributed by atoms with Crippen LogP contribution >= 0.6 is 0 Å². The number of rotatable bonds is 6. The fourth-order valence-corrected chi connectivity index (χ4v) is 2.01. The highest BCUT2D eigenvalue weighted by Gasteiger charge is 2.08. The molecule has 98 valence electrons. The molecule has 0 aliphatic carbocycles. The maximum absolute atomic E-state index is 4.08. The molecule has 0 heterocycles. The molecule has 2 aromatic carbocycles. The topological polar surface area (TPSA) is 15.3 Å². The largest absolute Gasteiger partial charge is 0.375 e. The van der Waals surface area contributed by atoms with Crippen LogP contribution in [-0.4, -0.2) is 11.9 Å². The smallest absolute Gasteiger partial charge is 0.0942 e. The summed E-state index contributed by atoms with van der Waals surface area (Å²) in [6.07, 6.45) is 0. The first kappa shape index (κ1) is 13.2. The monoisotopic (exact) mass is 252 g/mol. The van der Waals surface area contributed by atoms with Crippen LogP contribution < -0.4 is 5.32 Å². The van der Waals surface area contributed by atoms with Gasteiger partial charge in [0.15, 0.2) is 0 Å².